The summed E-state index contributed by atoms with van der Waals surface area (Å²) >= 11 is 6.05. The summed E-state index contributed by atoms with van der Waals surface area (Å²) in [6.07, 6.45) is 1.36. The minimum absolute atomic E-state index is 0.0770. The molecule has 5 nitrogen and oxygen atoms in total. The molecule has 0 N–H and O–H groups in total. The van der Waals surface area contributed by atoms with E-state index >= 15 is 0 Å². The Balaban J connectivity index is 2.22. The molecule has 2 rings (SSSR count). The number of sulfonamides is 1. The zero-order valence-corrected chi connectivity index (χ0v) is 15.7. The van der Waals surface area contributed by atoms with Gasteiger partial charge < -0.3 is 0 Å². The Hall–Kier alpha value is -1.57. The molecule has 0 saturated carbocycles. The first-order valence-corrected chi connectivity index (χ1v) is 11.0. The summed E-state index contributed by atoms with van der Waals surface area (Å²) in [7, 11) is -5.61. The maximum absolute atomic E-state index is 12.5. The largest absolute Gasteiger partial charge is 0.273 e. The van der Waals surface area contributed by atoms with Crippen LogP contribution in [0.1, 0.15) is 5.56 Å². The van der Waals surface area contributed by atoms with E-state index in [9.17, 15) is 16.8 Å². The second-order valence-electron chi connectivity index (χ2n) is 5.39. The van der Waals surface area contributed by atoms with E-state index in [1.807, 2.05) is 0 Å². The molecule has 0 aliphatic carbocycles. The second kappa shape index (κ2) is 7.13. The van der Waals surface area contributed by atoms with Gasteiger partial charge in [0.05, 0.1) is 16.3 Å². The van der Waals surface area contributed by atoms with Crippen molar-refractivity contribution in [3.63, 3.8) is 0 Å². The molecule has 2 aromatic rings. The summed E-state index contributed by atoms with van der Waals surface area (Å²) in [4.78, 5) is 0.0770. The van der Waals surface area contributed by atoms with Gasteiger partial charge in [-0.1, -0.05) is 35.9 Å². The van der Waals surface area contributed by atoms with Crippen LogP contribution in [0.4, 0.5) is 5.69 Å². The summed E-state index contributed by atoms with van der Waals surface area (Å²) in [6.45, 7) is 0. The van der Waals surface area contributed by atoms with E-state index in [1.54, 1.807) is 30.3 Å². The van der Waals surface area contributed by atoms with Gasteiger partial charge in [0, 0.05) is 18.3 Å². The average molecular weight is 388 g/mol. The smallest absolute Gasteiger partial charge is 0.235 e. The maximum atomic E-state index is 12.5. The molecule has 130 valence electrons. The highest BCUT2D eigenvalue weighted by Crippen LogP contribution is 2.22. The van der Waals surface area contributed by atoms with E-state index < -0.39 is 19.9 Å². The van der Waals surface area contributed by atoms with E-state index in [-0.39, 0.29) is 17.1 Å². The van der Waals surface area contributed by atoms with Crippen LogP contribution in [0, 0.1) is 0 Å². The molecule has 2 aromatic carbocycles. The van der Waals surface area contributed by atoms with Crippen molar-refractivity contribution >= 4 is 37.1 Å². The average Bonchev–Trinajstić information content (AvgIpc) is 2.53. The molecule has 8 heteroatoms. The summed E-state index contributed by atoms with van der Waals surface area (Å²) in [5, 5.41) is 0.523. The van der Waals surface area contributed by atoms with Crippen molar-refractivity contribution in [3.05, 3.63) is 59.1 Å². The van der Waals surface area contributed by atoms with E-state index in [0.717, 1.165) is 16.1 Å². The molecule has 0 spiro atoms. The van der Waals surface area contributed by atoms with Gasteiger partial charge in [-0.2, -0.15) is 0 Å². The Bertz CT molecular complexity index is 940. The minimum atomic E-state index is -3.61. The number of halogens is 1. The number of anilines is 1. The van der Waals surface area contributed by atoms with Crippen LogP contribution in [-0.4, -0.2) is 35.9 Å². The molecule has 0 radical (unpaired) electrons. The van der Waals surface area contributed by atoms with Gasteiger partial charge in [-0.25, -0.2) is 16.8 Å². The Morgan fingerprint density at radius 2 is 1.67 bits per heavy atom. The van der Waals surface area contributed by atoms with Crippen molar-refractivity contribution in [2.45, 2.75) is 11.3 Å². The Morgan fingerprint density at radius 1 is 1.00 bits per heavy atom. The fraction of sp³-hybridized carbons (Fsp3) is 0.250. The lowest BCUT2D eigenvalue weighted by atomic mass is 10.2. The van der Waals surface area contributed by atoms with Crippen molar-refractivity contribution in [1.29, 1.82) is 0 Å². The van der Waals surface area contributed by atoms with Gasteiger partial charge in [0.15, 0.2) is 9.84 Å². The Morgan fingerprint density at radius 3 is 2.29 bits per heavy atom. The summed E-state index contributed by atoms with van der Waals surface area (Å²) in [5.74, 6) is -0.129. The lowest BCUT2D eigenvalue weighted by Crippen LogP contribution is -2.30. The molecule has 0 fully saturated rings. The van der Waals surface area contributed by atoms with E-state index in [2.05, 4.69) is 0 Å². The number of benzene rings is 2. The molecular formula is C16H18ClNO4S2. The Labute approximate surface area is 147 Å². The summed E-state index contributed by atoms with van der Waals surface area (Å²) in [6, 6.07) is 12.9. The predicted octanol–water partition coefficient (Wildman–Crippen LogP) is 2.75. The summed E-state index contributed by atoms with van der Waals surface area (Å²) < 4.78 is 49.4. The minimum Gasteiger partial charge on any atom is -0.273 e. The van der Waals surface area contributed by atoms with Gasteiger partial charge in [0.1, 0.15) is 0 Å². The van der Waals surface area contributed by atoms with Crippen LogP contribution in [0.25, 0.3) is 0 Å². The molecule has 0 aromatic heterocycles. The van der Waals surface area contributed by atoms with Crippen molar-refractivity contribution in [3.8, 4) is 0 Å². The van der Waals surface area contributed by atoms with Crippen LogP contribution >= 0.6 is 11.6 Å². The van der Waals surface area contributed by atoms with E-state index in [4.69, 9.17) is 11.6 Å². The predicted molar refractivity (Wildman–Crippen MR) is 96.9 cm³/mol. The fourth-order valence-corrected chi connectivity index (χ4v) is 4.22. The highest BCUT2D eigenvalue weighted by Gasteiger charge is 2.20. The van der Waals surface area contributed by atoms with E-state index in [0.29, 0.717) is 10.7 Å². The first-order valence-electron chi connectivity index (χ1n) is 7.11. The van der Waals surface area contributed by atoms with Crippen LogP contribution < -0.4 is 4.31 Å². The maximum Gasteiger partial charge on any atom is 0.235 e. The molecule has 0 atom stereocenters. The molecule has 0 heterocycles. The molecule has 0 amide bonds. The van der Waals surface area contributed by atoms with Crippen LogP contribution in [0.2, 0.25) is 5.02 Å². The molecule has 0 unspecified atom stereocenters. The van der Waals surface area contributed by atoms with Gasteiger partial charge in [-0.05, 0) is 36.2 Å². The lowest BCUT2D eigenvalue weighted by Gasteiger charge is -2.20. The van der Waals surface area contributed by atoms with Crippen molar-refractivity contribution in [2.24, 2.45) is 0 Å². The lowest BCUT2D eigenvalue weighted by molar-refractivity contribution is 0.592. The SMILES string of the molecule is CN(c1cccc(S(C)(=O)=O)c1)S(=O)(=O)CCc1ccccc1Cl. The van der Waals surface area contributed by atoms with Crippen LogP contribution in [0.5, 0.6) is 0 Å². The topological polar surface area (TPSA) is 71.5 Å². The molecule has 0 saturated heterocycles. The first-order chi connectivity index (χ1) is 11.1. The highest BCUT2D eigenvalue weighted by molar-refractivity contribution is 7.92. The van der Waals surface area contributed by atoms with Gasteiger partial charge in [0.25, 0.3) is 0 Å². The monoisotopic (exact) mass is 387 g/mol. The third-order valence-corrected chi connectivity index (χ3v) is 6.86. The standard InChI is InChI=1S/C16H18ClNO4S2/c1-18(14-7-5-8-15(12-14)23(2,19)20)24(21,22)11-10-13-6-3-4-9-16(13)17/h3-9,12H,10-11H2,1-2H3. The van der Waals surface area contributed by atoms with Gasteiger partial charge in [0.2, 0.25) is 10.0 Å². The number of hydrogen-bond acceptors (Lipinski definition) is 4. The molecule has 0 aliphatic heterocycles. The molecule has 24 heavy (non-hydrogen) atoms. The van der Waals surface area contributed by atoms with Gasteiger partial charge >= 0.3 is 0 Å². The van der Waals surface area contributed by atoms with Gasteiger partial charge in [-0.15, -0.1) is 0 Å². The van der Waals surface area contributed by atoms with Crippen molar-refractivity contribution in [2.75, 3.05) is 23.4 Å². The van der Waals surface area contributed by atoms with E-state index in [1.165, 1.54) is 25.2 Å². The molecule has 0 aliphatic rings. The zero-order valence-electron chi connectivity index (χ0n) is 13.3. The number of nitrogens with zero attached hydrogens (tertiary/aromatic N) is 1. The first kappa shape index (κ1) is 18.8. The Kier molecular flexibility index (Phi) is 5.57. The van der Waals surface area contributed by atoms with Gasteiger partial charge in [-0.3, -0.25) is 4.31 Å². The quantitative estimate of drug-likeness (QED) is 0.764. The van der Waals surface area contributed by atoms with Crippen LogP contribution in [-0.2, 0) is 26.3 Å². The van der Waals surface area contributed by atoms with Crippen molar-refractivity contribution in [1.82, 2.24) is 0 Å². The fourth-order valence-electron chi connectivity index (χ4n) is 2.15. The number of sulfone groups is 1. The highest BCUT2D eigenvalue weighted by atomic mass is 35.5. The number of hydrogen-bond donors (Lipinski definition) is 0. The molecular weight excluding hydrogens is 370 g/mol. The molecule has 0 bridgehead atoms. The zero-order chi connectivity index (χ0) is 18.0. The summed E-state index contributed by atoms with van der Waals surface area (Å²) in [5.41, 5.74) is 1.05. The number of rotatable bonds is 6. The number of aryl methyl sites for hydroxylation is 1. The third-order valence-electron chi connectivity index (χ3n) is 3.61. The normalized spacial score (nSPS) is 12.1. The third kappa shape index (κ3) is 4.49. The van der Waals surface area contributed by atoms with Crippen molar-refractivity contribution < 1.29 is 16.8 Å². The second-order valence-corrected chi connectivity index (χ2v) is 9.94. The van der Waals surface area contributed by atoms with Crippen LogP contribution in [0.3, 0.4) is 0 Å². The van der Waals surface area contributed by atoms with Crippen LogP contribution in [0.15, 0.2) is 53.4 Å².